The van der Waals surface area contributed by atoms with Crippen molar-refractivity contribution in [3.05, 3.63) is 94.6 Å². The van der Waals surface area contributed by atoms with Gasteiger partial charge in [-0.1, -0.05) is 58.5 Å². The molecule has 1 aliphatic heterocycles. The molecule has 0 spiro atoms. The second-order valence-corrected chi connectivity index (χ2v) is 8.78. The first-order chi connectivity index (χ1) is 15.8. The van der Waals surface area contributed by atoms with Crippen molar-refractivity contribution < 1.29 is 8.83 Å². The van der Waals surface area contributed by atoms with Crippen LogP contribution in [0.25, 0.3) is 17.5 Å². The number of aromatic nitrogens is 2. The van der Waals surface area contributed by atoms with E-state index in [4.69, 9.17) is 61.0 Å². The van der Waals surface area contributed by atoms with Crippen molar-refractivity contribution in [3.63, 3.8) is 0 Å². The summed E-state index contributed by atoms with van der Waals surface area (Å²) < 4.78 is 12.5. The number of nitrogen functional groups attached to an aromatic ring is 1. The maximum atomic E-state index is 12.9. The van der Waals surface area contributed by atoms with Crippen LogP contribution in [0.1, 0.15) is 22.7 Å². The van der Waals surface area contributed by atoms with Gasteiger partial charge >= 0.3 is 5.63 Å². The molecule has 5 rings (SSSR count). The number of hydrogen-bond acceptors (Lipinski definition) is 6. The quantitative estimate of drug-likeness (QED) is 0.423. The molecule has 33 heavy (non-hydrogen) atoms. The van der Waals surface area contributed by atoms with Gasteiger partial charge in [-0.2, -0.15) is 10.2 Å². The normalized spacial score (nSPS) is 15.3. The molecule has 0 aliphatic carbocycles. The molecule has 0 saturated heterocycles. The number of anilines is 1. The predicted molar refractivity (Wildman–Crippen MR) is 125 cm³/mol. The summed E-state index contributed by atoms with van der Waals surface area (Å²) in [5, 5.41) is 11.6. The van der Waals surface area contributed by atoms with Crippen LogP contribution in [0.2, 0.25) is 20.1 Å². The molecular weight excluding hydrogens is 510 g/mol. The number of benzene rings is 2. The summed E-state index contributed by atoms with van der Waals surface area (Å²) >= 11 is 24.7. The van der Waals surface area contributed by atoms with Gasteiger partial charge in [0.2, 0.25) is 11.4 Å². The SMILES string of the molecule is N#CC1=c2oc(=O)/c(=C\c3ccc(Cl)cc3Cl)n2-c2oc(N)nc2[C@H]1c1ccc(Cl)cc1Cl. The molecule has 2 aromatic carbocycles. The summed E-state index contributed by atoms with van der Waals surface area (Å²) in [7, 11) is 0. The Morgan fingerprint density at radius 2 is 1.76 bits per heavy atom. The van der Waals surface area contributed by atoms with E-state index >= 15 is 0 Å². The first-order valence-corrected chi connectivity index (χ1v) is 10.8. The Hall–Kier alpha value is -3.15. The Balaban J connectivity index is 1.89. The van der Waals surface area contributed by atoms with Crippen molar-refractivity contribution in [1.82, 2.24) is 9.55 Å². The molecule has 164 valence electrons. The molecular formula is C22H10Cl4N4O3. The number of halogens is 4. The Morgan fingerprint density at radius 3 is 2.42 bits per heavy atom. The first kappa shape index (κ1) is 21.7. The average Bonchev–Trinajstić information content (AvgIpc) is 3.28. The van der Waals surface area contributed by atoms with Crippen molar-refractivity contribution in [2.45, 2.75) is 5.92 Å². The molecule has 0 amide bonds. The molecule has 7 nitrogen and oxygen atoms in total. The second kappa shape index (κ2) is 8.01. The molecule has 0 saturated carbocycles. The highest BCUT2D eigenvalue weighted by molar-refractivity contribution is 6.36. The van der Waals surface area contributed by atoms with Gasteiger partial charge in [0.25, 0.3) is 6.01 Å². The summed E-state index contributed by atoms with van der Waals surface area (Å²) in [5.41, 5.74) is 6.54. The summed E-state index contributed by atoms with van der Waals surface area (Å²) in [6.45, 7) is 0. The fourth-order valence-corrected chi connectivity index (χ4v) is 4.73. The van der Waals surface area contributed by atoms with Gasteiger partial charge in [-0.05, 0) is 41.5 Å². The van der Waals surface area contributed by atoms with Crippen LogP contribution in [0.3, 0.4) is 0 Å². The Morgan fingerprint density at radius 1 is 1.06 bits per heavy atom. The van der Waals surface area contributed by atoms with Crippen molar-refractivity contribution in [2.24, 2.45) is 0 Å². The first-order valence-electron chi connectivity index (χ1n) is 9.33. The fraction of sp³-hybridized carbons (Fsp3) is 0.0455. The third kappa shape index (κ3) is 3.52. The van der Waals surface area contributed by atoms with Crippen molar-refractivity contribution >= 4 is 64.1 Å². The van der Waals surface area contributed by atoms with Crippen molar-refractivity contribution in [1.29, 1.82) is 5.26 Å². The van der Waals surface area contributed by atoms with Crippen molar-refractivity contribution in [3.8, 4) is 12.0 Å². The monoisotopic (exact) mass is 518 g/mol. The zero-order valence-electron chi connectivity index (χ0n) is 16.3. The molecule has 0 unspecified atom stereocenters. The Bertz CT molecular complexity index is 1680. The van der Waals surface area contributed by atoms with Crippen LogP contribution in [-0.2, 0) is 0 Å². The lowest BCUT2D eigenvalue weighted by atomic mass is 9.87. The summed E-state index contributed by atoms with van der Waals surface area (Å²) in [5.74, 6) is -0.673. The van der Waals surface area contributed by atoms with Crippen LogP contribution < -0.4 is 22.3 Å². The highest BCUT2D eigenvalue weighted by Crippen LogP contribution is 2.41. The lowest BCUT2D eigenvalue weighted by molar-refractivity contribution is 0.455. The van der Waals surface area contributed by atoms with E-state index < -0.39 is 11.5 Å². The van der Waals surface area contributed by atoms with Gasteiger partial charge in [0.05, 0.1) is 5.92 Å². The molecule has 1 atom stereocenters. The zero-order chi connectivity index (χ0) is 23.4. The Kier molecular flexibility index (Phi) is 5.26. The minimum absolute atomic E-state index is 0.0292. The van der Waals surface area contributed by atoms with Crippen LogP contribution in [0.5, 0.6) is 0 Å². The number of nitrogens with zero attached hydrogens (tertiary/aromatic N) is 3. The largest absolute Gasteiger partial charge is 0.406 e. The van der Waals surface area contributed by atoms with Gasteiger partial charge in [-0.25, -0.2) is 9.36 Å². The highest BCUT2D eigenvalue weighted by atomic mass is 35.5. The van der Waals surface area contributed by atoms with Gasteiger partial charge in [0, 0.05) is 20.1 Å². The summed E-state index contributed by atoms with van der Waals surface area (Å²) in [6, 6.07) is 11.6. The van der Waals surface area contributed by atoms with E-state index in [2.05, 4.69) is 11.1 Å². The van der Waals surface area contributed by atoms with E-state index in [1.807, 2.05) is 0 Å². The van der Waals surface area contributed by atoms with Gasteiger partial charge in [0.15, 0.2) is 0 Å². The molecule has 11 heteroatoms. The van der Waals surface area contributed by atoms with Crippen molar-refractivity contribution in [2.75, 3.05) is 5.73 Å². The number of nitrogens with two attached hydrogens (primary N) is 1. The maximum Gasteiger partial charge on any atom is 0.362 e. The fourth-order valence-electron chi connectivity index (χ4n) is 3.75. The molecule has 1 aliphatic rings. The van der Waals surface area contributed by atoms with Gasteiger partial charge in [0.1, 0.15) is 22.7 Å². The standard InChI is InChI=1S/C22H10Cl4N4O3/c23-10-2-1-9(14(25)6-10)5-16-21(31)32-19-13(8-27)17(12-4-3-11(24)7-15(12)26)18-20(30(16)19)33-22(28)29-18/h1-7,17H,(H2,28,29)/b16-5+/t17-/m0/s1. The lowest BCUT2D eigenvalue weighted by Crippen LogP contribution is -2.35. The molecule has 2 aromatic heterocycles. The molecule has 0 bridgehead atoms. The third-order valence-corrected chi connectivity index (χ3v) is 6.26. The van der Waals surface area contributed by atoms with E-state index in [9.17, 15) is 10.1 Å². The van der Waals surface area contributed by atoms with Crippen LogP contribution in [0.4, 0.5) is 6.01 Å². The molecule has 3 heterocycles. The predicted octanol–water partition coefficient (Wildman–Crippen LogP) is 4.26. The van der Waals surface area contributed by atoms with Crippen LogP contribution >= 0.6 is 46.4 Å². The molecule has 4 aromatic rings. The zero-order valence-corrected chi connectivity index (χ0v) is 19.3. The van der Waals surface area contributed by atoms with Gasteiger partial charge in [-0.15, -0.1) is 0 Å². The summed E-state index contributed by atoms with van der Waals surface area (Å²) in [4.78, 5) is 17.2. The van der Waals surface area contributed by atoms with Gasteiger partial charge < -0.3 is 14.6 Å². The Labute approximate surface area is 205 Å². The van der Waals surface area contributed by atoms with E-state index in [0.29, 0.717) is 36.9 Å². The molecule has 0 radical (unpaired) electrons. The minimum atomic E-state index is -0.798. The molecule has 2 N–H and O–H groups in total. The molecule has 0 fully saturated rings. The number of nitriles is 1. The average molecular weight is 520 g/mol. The minimum Gasteiger partial charge on any atom is -0.406 e. The smallest absolute Gasteiger partial charge is 0.362 e. The van der Waals surface area contributed by atoms with E-state index in [1.165, 1.54) is 10.6 Å². The van der Waals surface area contributed by atoms with Crippen LogP contribution in [0, 0.1) is 11.3 Å². The lowest BCUT2D eigenvalue weighted by Gasteiger charge is -2.20. The number of hydrogen-bond donors (Lipinski definition) is 1. The van der Waals surface area contributed by atoms with E-state index in [1.54, 1.807) is 36.4 Å². The second-order valence-electron chi connectivity index (χ2n) is 7.09. The highest BCUT2D eigenvalue weighted by Gasteiger charge is 2.37. The van der Waals surface area contributed by atoms with Crippen LogP contribution in [0.15, 0.2) is 50.0 Å². The number of oxazole rings is 2. The number of rotatable bonds is 2. The van der Waals surface area contributed by atoms with Crippen LogP contribution in [-0.4, -0.2) is 9.55 Å². The van der Waals surface area contributed by atoms with E-state index in [-0.39, 0.29) is 28.4 Å². The van der Waals surface area contributed by atoms with Gasteiger partial charge in [-0.3, -0.25) is 0 Å². The third-order valence-electron chi connectivity index (χ3n) is 5.14. The van der Waals surface area contributed by atoms with E-state index in [0.717, 1.165) is 0 Å². The number of fused-ring (bicyclic) bond motifs is 3. The summed E-state index contributed by atoms with van der Waals surface area (Å²) in [6.07, 6.45) is 1.50. The topological polar surface area (TPSA) is 111 Å². The maximum absolute atomic E-state index is 12.9.